The summed E-state index contributed by atoms with van der Waals surface area (Å²) in [6, 6.07) is 4.10. The van der Waals surface area contributed by atoms with Crippen LogP contribution in [0.5, 0.6) is 11.5 Å². The molecule has 9 heteroatoms. The van der Waals surface area contributed by atoms with E-state index in [4.69, 9.17) is 9.47 Å². The average molecular weight is 323 g/mol. The van der Waals surface area contributed by atoms with Crippen molar-refractivity contribution in [2.24, 2.45) is 0 Å². The van der Waals surface area contributed by atoms with Crippen molar-refractivity contribution in [2.45, 2.75) is 6.54 Å². The first-order chi connectivity index (χ1) is 11.0. The van der Waals surface area contributed by atoms with E-state index in [9.17, 15) is 18.8 Å². The van der Waals surface area contributed by atoms with Crippen LogP contribution in [-0.2, 0) is 6.54 Å². The molecule has 1 amide bonds. The fraction of sp³-hybridized carbons (Fsp3) is 0.214. The number of ether oxygens (including phenoxy) is 2. The first-order valence-corrected chi connectivity index (χ1v) is 6.47. The van der Waals surface area contributed by atoms with Crippen LogP contribution in [0, 0.1) is 5.82 Å². The third-order valence-corrected chi connectivity index (χ3v) is 3.04. The maximum absolute atomic E-state index is 13.2. The number of aromatic nitrogens is 2. The number of amides is 1. The number of benzene rings is 1. The number of carbonyl (C=O) groups excluding carboxylic acids is 1. The number of nitrogens with zero attached hydrogens (tertiary/aromatic N) is 1. The number of rotatable bonds is 4. The molecule has 0 unspecified atom stereocenters. The van der Waals surface area contributed by atoms with Crippen LogP contribution in [0.15, 0.2) is 34.0 Å². The zero-order valence-electron chi connectivity index (χ0n) is 12.4. The van der Waals surface area contributed by atoms with Gasteiger partial charge in [-0.1, -0.05) is 0 Å². The standard InChI is InChI=1S/C14H14FN3O5/c1-22-9-3-4-11(23-2)8(5-9)6-16-13(20)18-7-10(15)12(19)17-14(18)21/h3-5,7H,6H2,1-2H3,(H,16,20)(H,17,19,21). The summed E-state index contributed by atoms with van der Waals surface area (Å²) in [5.74, 6) is -0.174. The molecule has 2 aromatic rings. The van der Waals surface area contributed by atoms with Gasteiger partial charge in [0, 0.05) is 12.1 Å². The van der Waals surface area contributed by atoms with Gasteiger partial charge in [0.1, 0.15) is 11.5 Å². The Labute approximate surface area is 129 Å². The molecule has 122 valence electrons. The molecule has 23 heavy (non-hydrogen) atoms. The van der Waals surface area contributed by atoms with E-state index in [-0.39, 0.29) is 6.54 Å². The minimum atomic E-state index is -1.24. The second-order valence-electron chi connectivity index (χ2n) is 4.44. The normalized spacial score (nSPS) is 10.2. The summed E-state index contributed by atoms with van der Waals surface area (Å²) >= 11 is 0. The number of methoxy groups -OCH3 is 2. The second kappa shape index (κ2) is 6.77. The van der Waals surface area contributed by atoms with Gasteiger partial charge in [-0.25, -0.2) is 14.2 Å². The van der Waals surface area contributed by atoms with E-state index < -0.39 is 23.1 Å². The van der Waals surface area contributed by atoms with Crippen molar-refractivity contribution >= 4 is 6.03 Å². The summed E-state index contributed by atoms with van der Waals surface area (Å²) in [5, 5.41) is 2.43. The number of H-pyrrole nitrogens is 1. The van der Waals surface area contributed by atoms with Gasteiger partial charge in [-0.15, -0.1) is 0 Å². The van der Waals surface area contributed by atoms with Crippen LogP contribution < -0.4 is 26.0 Å². The lowest BCUT2D eigenvalue weighted by molar-refractivity contribution is 0.240. The molecule has 0 spiro atoms. The third kappa shape index (κ3) is 3.57. The monoisotopic (exact) mass is 323 g/mol. The smallest absolute Gasteiger partial charge is 0.336 e. The highest BCUT2D eigenvalue weighted by molar-refractivity contribution is 5.76. The Morgan fingerprint density at radius 1 is 1.30 bits per heavy atom. The Kier molecular flexibility index (Phi) is 4.79. The Morgan fingerprint density at radius 2 is 2.04 bits per heavy atom. The molecule has 2 N–H and O–H groups in total. The van der Waals surface area contributed by atoms with E-state index in [1.54, 1.807) is 23.2 Å². The van der Waals surface area contributed by atoms with Crippen molar-refractivity contribution in [2.75, 3.05) is 14.2 Å². The van der Waals surface area contributed by atoms with E-state index in [1.807, 2.05) is 0 Å². The van der Waals surface area contributed by atoms with E-state index >= 15 is 0 Å². The van der Waals surface area contributed by atoms with Gasteiger partial charge in [-0.05, 0) is 18.2 Å². The fourth-order valence-electron chi connectivity index (χ4n) is 1.87. The molecule has 0 saturated carbocycles. The SMILES string of the molecule is COc1ccc(OC)c(CNC(=O)n2cc(F)c(=O)[nH]c2=O)c1. The van der Waals surface area contributed by atoms with Crippen molar-refractivity contribution in [3.05, 3.63) is 56.6 Å². The topological polar surface area (TPSA) is 102 Å². The summed E-state index contributed by atoms with van der Waals surface area (Å²) in [7, 11) is 2.96. The number of hydrogen-bond donors (Lipinski definition) is 2. The lowest BCUT2D eigenvalue weighted by atomic mass is 10.2. The molecule has 0 aliphatic carbocycles. The van der Waals surface area contributed by atoms with Crippen molar-refractivity contribution < 1.29 is 18.7 Å². The largest absolute Gasteiger partial charge is 0.497 e. The molecule has 0 radical (unpaired) electrons. The van der Waals surface area contributed by atoms with Crippen molar-refractivity contribution in [3.63, 3.8) is 0 Å². The number of hydrogen-bond acceptors (Lipinski definition) is 5. The first kappa shape index (κ1) is 16.3. The molecular weight excluding hydrogens is 309 g/mol. The molecule has 1 aromatic carbocycles. The Hall–Kier alpha value is -3.10. The molecule has 1 aromatic heterocycles. The molecule has 0 saturated heterocycles. The summed E-state index contributed by atoms with van der Waals surface area (Å²) in [6.45, 7) is 0.00634. The molecule has 0 bridgehead atoms. The van der Waals surface area contributed by atoms with Crippen LogP contribution in [0.1, 0.15) is 5.56 Å². The predicted molar refractivity (Wildman–Crippen MR) is 78.5 cm³/mol. The van der Waals surface area contributed by atoms with Crippen LogP contribution in [0.25, 0.3) is 0 Å². The Morgan fingerprint density at radius 3 is 2.70 bits per heavy atom. The maximum atomic E-state index is 13.2. The number of nitrogens with one attached hydrogen (secondary N) is 2. The predicted octanol–water partition coefficient (Wildman–Crippen LogP) is 0.451. The van der Waals surface area contributed by atoms with Gasteiger partial charge in [0.05, 0.1) is 20.4 Å². The van der Waals surface area contributed by atoms with Gasteiger partial charge in [-0.2, -0.15) is 4.39 Å². The zero-order valence-corrected chi connectivity index (χ0v) is 12.4. The van der Waals surface area contributed by atoms with E-state index in [0.717, 1.165) is 0 Å². The molecule has 8 nitrogen and oxygen atoms in total. The van der Waals surface area contributed by atoms with Gasteiger partial charge >= 0.3 is 11.7 Å². The summed E-state index contributed by atoms with van der Waals surface area (Å²) in [5.41, 5.74) is -1.63. The van der Waals surface area contributed by atoms with Gasteiger partial charge in [-0.3, -0.25) is 9.78 Å². The zero-order chi connectivity index (χ0) is 17.0. The molecule has 0 aliphatic rings. The summed E-state index contributed by atoms with van der Waals surface area (Å²) in [6.07, 6.45) is 0.527. The lowest BCUT2D eigenvalue weighted by Gasteiger charge is -2.12. The molecular formula is C14H14FN3O5. The minimum Gasteiger partial charge on any atom is -0.497 e. The molecule has 2 rings (SSSR count). The van der Waals surface area contributed by atoms with Crippen LogP contribution in [0.2, 0.25) is 0 Å². The number of carbonyl (C=O) groups is 1. The average Bonchev–Trinajstić information content (AvgIpc) is 2.55. The number of halogens is 1. The summed E-state index contributed by atoms with van der Waals surface area (Å²) < 4.78 is 23.9. The minimum absolute atomic E-state index is 0.00634. The third-order valence-electron chi connectivity index (χ3n) is 3.04. The van der Waals surface area contributed by atoms with Gasteiger partial charge < -0.3 is 14.8 Å². The van der Waals surface area contributed by atoms with Crippen LogP contribution in [0.3, 0.4) is 0 Å². The van der Waals surface area contributed by atoms with Crippen molar-refractivity contribution in [1.29, 1.82) is 0 Å². The highest BCUT2D eigenvalue weighted by Gasteiger charge is 2.12. The molecule has 0 aliphatic heterocycles. The molecule has 0 atom stereocenters. The quantitative estimate of drug-likeness (QED) is 0.850. The Bertz CT molecular complexity index is 843. The van der Waals surface area contributed by atoms with Gasteiger partial charge in [0.25, 0.3) is 5.56 Å². The van der Waals surface area contributed by atoms with Crippen LogP contribution >= 0.6 is 0 Å². The molecule has 1 heterocycles. The van der Waals surface area contributed by atoms with Gasteiger partial charge in [0.15, 0.2) is 0 Å². The van der Waals surface area contributed by atoms with E-state index in [0.29, 0.717) is 27.8 Å². The lowest BCUT2D eigenvalue weighted by Crippen LogP contribution is -2.40. The van der Waals surface area contributed by atoms with Crippen molar-refractivity contribution in [3.8, 4) is 11.5 Å². The van der Waals surface area contributed by atoms with E-state index in [1.165, 1.54) is 14.2 Å². The number of aromatic amines is 1. The van der Waals surface area contributed by atoms with E-state index in [2.05, 4.69) is 5.32 Å². The molecule has 0 fully saturated rings. The fourth-order valence-corrected chi connectivity index (χ4v) is 1.87. The van der Waals surface area contributed by atoms with Crippen molar-refractivity contribution in [1.82, 2.24) is 14.9 Å². The maximum Gasteiger partial charge on any atom is 0.336 e. The first-order valence-electron chi connectivity index (χ1n) is 6.47. The Balaban J connectivity index is 2.21. The summed E-state index contributed by atoms with van der Waals surface area (Å²) in [4.78, 5) is 36.1. The second-order valence-corrected chi connectivity index (χ2v) is 4.44. The van der Waals surface area contributed by atoms with Gasteiger partial charge in [0.2, 0.25) is 5.82 Å². The van der Waals surface area contributed by atoms with Crippen LogP contribution in [-0.4, -0.2) is 29.8 Å². The highest BCUT2D eigenvalue weighted by Crippen LogP contribution is 2.23. The van der Waals surface area contributed by atoms with Crippen LogP contribution in [0.4, 0.5) is 9.18 Å². The highest BCUT2D eigenvalue weighted by atomic mass is 19.1.